The highest BCUT2D eigenvalue weighted by atomic mass is 32.2. The highest BCUT2D eigenvalue weighted by molar-refractivity contribution is 7.87. The summed E-state index contributed by atoms with van der Waals surface area (Å²) < 4.78 is 51.1. The number of hydrogen-bond acceptors (Lipinski definition) is 6. The van der Waals surface area contributed by atoms with Gasteiger partial charge in [-0.1, -0.05) is 0 Å². The van der Waals surface area contributed by atoms with Crippen LogP contribution in [0.3, 0.4) is 0 Å². The van der Waals surface area contributed by atoms with Crippen molar-refractivity contribution >= 4 is 20.2 Å². The van der Waals surface area contributed by atoms with Crippen LogP contribution in [0, 0.1) is 0 Å². The Kier molecular flexibility index (Phi) is 4.82. The van der Waals surface area contributed by atoms with E-state index in [1.807, 2.05) is 0 Å². The van der Waals surface area contributed by atoms with Gasteiger partial charge in [-0.25, -0.2) is 8.37 Å². The first-order valence-corrected chi connectivity index (χ1v) is 6.72. The first-order chi connectivity index (χ1) is 5.83. The lowest BCUT2D eigenvalue weighted by atomic mass is 11.0. The maximum atomic E-state index is 10.7. The topological polar surface area (TPSA) is 86.7 Å². The highest BCUT2D eigenvalue weighted by Crippen LogP contribution is 1.97. The van der Waals surface area contributed by atoms with Crippen molar-refractivity contribution in [3.8, 4) is 0 Å². The van der Waals surface area contributed by atoms with E-state index >= 15 is 0 Å². The summed E-state index contributed by atoms with van der Waals surface area (Å²) in [6.45, 7) is 1.97. The molecule has 0 aliphatic heterocycles. The Balaban J connectivity index is 3.96. The molecule has 0 saturated heterocycles. The van der Waals surface area contributed by atoms with Crippen molar-refractivity contribution in [3.05, 3.63) is 0 Å². The third-order valence-electron chi connectivity index (χ3n) is 1.16. The molecule has 0 aromatic heterocycles. The summed E-state index contributed by atoms with van der Waals surface area (Å²) in [4.78, 5) is 0. The monoisotopic (exact) mass is 232 g/mol. The van der Waals surface area contributed by atoms with Gasteiger partial charge in [-0.15, -0.1) is 0 Å². The van der Waals surface area contributed by atoms with E-state index in [2.05, 4.69) is 8.37 Å². The quantitative estimate of drug-likeness (QED) is 0.460. The van der Waals surface area contributed by atoms with Gasteiger partial charge in [0.2, 0.25) is 0 Å². The Morgan fingerprint density at radius 2 is 1.15 bits per heavy atom. The van der Waals surface area contributed by atoms with Crippen molar-refractivity contribution in [2.75, 3.05) is 18.3 Å². The summed E-state index contributed by atoms with van der Waals surface area (Å²) in [5.74, 6) is -0.439. The molecule has 0 aromatic carbocycles. The van der Waals surface area contributed by atoms with Crippen LogP contribution < -0.4 is 0 Å². The van der Waals surface area contributed by atoms with Crippen LogP contribution >= 0.6 is 0 Å². The molecule has 0 N–H and O–H groups in total. The lowest BCUT2D eigenvalue weighted by molar-refractivity contribution is 0.133. The fourth-order valence-electron chi connectivity index (χ4n) is 0.333. The van der Waals surface area contributed by atoms with E-state index in [9.17, 15) is 16.8 Å². The van der Waals surface area contributed by atoms with Crippen LogP contribution in [0.4, 0.5) is 0 Å². The maximum absolute atomic E-state index is 10.7. The van der Waals surface area contributed by atoms with E-state index in [-0.39, 0.29) is 11.5 Å². The van der Waals surface area contributed by atoms with Crippen LogP contribution in [0.2, 0.25) is 0 Å². The van der Waals surface area contributed by atoms with E-state index in [1.54, 1.807) is 0 Å². The third kappa shape index (κ3) is 5.97. The van der Waals surface area contributed by atoms with Gasteiger partial charge in [-0.2, -0.15) is 16.8 Å². The van der Waals surface area contributed by atoms with Gasteiger partial charge in [0.15, 0.2) is 6.79 Å². The minimum Gasteiger partial charge on any atom is -0.240 e. The summed E-state index contributed by atoms with van der Waals surface area (Å²) in [5, 5.41) is 0. The summed E-state index contributed by atoms with van der Waals surface area (Å²) in [6, 6.07) is 0. The van der Waals surface area contributed by atoms with Crippen LogP contribution in [0.1, 0.15) is 13.8 Å². The minimum atomic E-state index is -3.64. The van der Waals surface area contributed by atoms with Crippen molar-refractivity contribution < 1.29 is 25.2 Å². The maximum Gasteiger partial charge on any atom is 0.269 e. The van der Waals surface area contributed by atoms with Crippen LogP contribution in [0.25, 0.3) is 0 Å². The van der Waals surface area contributed by atoms with Gasteiger partial charge < -0.3 is 0 Å². The fourth-order valence-corrected chi connectivity index (χ4v) is 1.12. The molecule has 0 amide bonds. The number of rotatable bonds is 6. The zero-order valence-electron chi connectivity index (χ0n) is 7.39. The molecule has 0 aliphatic carbocycles. The summed E-state index contributed by atoms with van der Waals surface area (Å²) >= 11 is 0. The Morgan fingerprint density at radius 3 is 1.38 bits per heavy atom. The molecule has 0 radical (unpaired) electrons. The van der Waals surface area contributed by atoms with Crippen LogP contribution in [-0.2, 0) is 28.6 Å². The smallest absolute Gasteiger partial charge is 0.240 e. The third-order valence-corrected chi connectivity index (χ3v) is 3.49. The molecule has 0 spiro atoms. The lowest BCUT2D eigenvalue weighted by Crippen LogP contribution is -2.15. The molecule has 0 atom stereocenters. The Bertz CT molecular complexity index is 292. The van der Waals surface area contributed by atoms with Gasteiger partial charge >= 0.3 is 0 Å². The normalized spacial score (nSPS) is 13.1. The average Bonchev–Trinajstić information content (AvgIpc) is 2.04. The summed E-state index contributed by atoms with van der Waals surface area (Å²) in [5.41, 5.74) is 0. The Labute approximate surface area is 78.1 Å². The van der Waals surface area contributed by atoms with Crippen LogP contribution in [0.15, 0.2) is 0 Å². The molecule has 0 fully saturated rings. The van der Waals surface area contributed by atoms with Gasteiger partial charge in [0.1, 0.15) is 0 Å². The van der Waals surface area contributed by atoms with E-state index in [1.165, 1.54) is 13.8 Å². The molecule has 13 heavy (non-hydrogen) atoms. The Hall–Kier alpha value is -0.180. The van der Waals surface area contributed by atoms with Crippen molar-refractivity contribution in [1.82, 2.24) is 0 Å². The van der Waals surface area contributed by atoms with Gasteiger partial charge in [0.25, 0.3) is 20.2 Å². The molecule has 80 valence electrons. The van der Waals surface area contributed by atoms with Gasteiger partial charge in [0, 0.05) is 0 Å². The first-order valence-electron chi connectivity index (χ1n) is 3.57. The largest absolute Gasteiger partial charge is 0.269 e. The molecule has 0 heterocycles. The second kappa shape index (κ2) is 4.89. The lowest BCUT2D eigenvalue weighted by Gasteiger charge is -2.03. The zero-order valence-corrected chi connectivity index (χ0v) is 9.02. The second-order valence-corrected chi connectivity index (χ2v) is 5.90. The SMILES string of the molecule is CCS(=O)(=O)OCOS(=O)(=O)CC. The van der Waals surface area contributed by atoms with Gasteiger partial charge in [-0.05, 0) is 13.8 Å². The molecular formula is C5H12O6S2. The molecular weight excluding hydrogens is 220 g/mol. The van der Waals surface area contributed by atoms with Crippen LogP contribution in [-0.4, -0.2) is 35.1 Å². The molecule has 8 heteroatoms. The highest BCUT2D eigenvalue weighted by Gasteiger charge is 2.11. The van der Waals surface area contributed by atoms with E-state index in [4.69, 9.17) is 0 Å². The fraction of sp³-hybridized carbons (Fsp3) is 1.00. The predicted octanol–water partition coefficient (Wildman–Crippen LogP) is -0.323. The first kappa shape index (κ1) is 12.8. The van der Waals surface area contributed by atoms with E-state index in [0.717, 1.165) is 0 Å². The van der Waals surface area contributed by atoms with Gasteiger partial charge in [0.05, 0.1) is 11.5 Å². The number of hydrogen-bond donors (Lipinski definition) is 0. The summed E-state index contributed by atoms with van der Waals surface area (Å²) in [7, 11) is -7.28. The predicted molar refractivity (Wildman–Crippen MR) is 46.0 cm³/mol. The molecule has 6 nitrogen and oxygen atoms in total. The van der Waals surface area contributed by atoms with E-state index in [0.29, 0.717) is 0 Å². The summed E-state index contributed by atoms with van der Waals surface area (Å²) in [6.07, 6.45) is 0. The molecule has 0 saturated carbocycles. The van der Waals surface area contributed by atoms with Crippen molar-refractivity contribution in [3.63, 3.8) is 0 Å². The standard InChI is InChI=1S/C5H12O6S2/c1-3-12(6,7)10-5-11-13(8,9)4-2/h3-5H2,1-2H3. The minimum absolute atomic E-state index is 0.220. The van der Waals surface area contributed by atoms with E-state index < -0.39 is 27.0 Å². The van der Waals surface area contributed by atoms with Crippen molar-refractivity contribution in [2.45, 2.75) is 13.8 Å². The second-order valence-electron chi connectivity index (χ2n) is 2.05. The Morgan fingerprint density at radius 1 is 0.846 bits per heavy atom. The zero-order chi connectivity index (χ0) is 10.5. The van der Waals surface area contributed by atoms with Crippen LogP contribution in [0.5, 0.6) is 0 Å². The molecule has 0 aliphatic rings. The molecule has 0 bridgehead atoms. The van der Waals surface area contributed by atoms with Crippen molar-refractivity contribution in [1.29, 1.82) is 0 Å². The molecule has 0 unspecified atom stereocenters. The molecule has 0 rings (SSSR count). The average molecular weight is 232 g/mol. The molecule has 0 aromatic rings. The van der Waals surface area contributed by atoms with Crippen molar-refractivity contribution in [2.24, 2.45) is 0 Å². The van der Waals surface area contributed by atoms with Gasteiger partial charge in [-0.3, -0.25) is 0 Å².